The lowest BCUT2D eigenvalue weighted by Gasteiger charge is -2.13. The zero-order chi connectivity index (χ0) is 21.3. The van der Waals surface area contributed by atoms with Crippen LogP contribution in [0.4, 0.5) is 18.3 Å². The van der Waals surface area contributed by atoms with Crippen LogP contribution in [-0.2, 0) is 19.0 Å². The SMILES string of the molecule is Nc1nc(C[C@@H](N)Cc2ccc(C(F)(F)F)cc2)c(-c2ccc3nnccc3c2)s1. The summed E-state index contributed by atoms with van der Waals surface area (Å²) in [5.41, 5.74) is 14.8. The van der Waals surface area contributed by atoms with Gasteiger partial charge >= 0.3 is 6.18 Å². The topological polar surface area (TPSA) is 90.7 Å². The molecule has 0 amide bonds. The molecule has 0 spiro atoms. The van der Waals surface area contributed by atoms with Gasteiger partial charge in [-0.15, -0.1) is 0 Å². The van der Waals surface area contributed by atoms with Crippen LogP contribution in [0.3, 0.4) is 0 Å². The Bertz CT molecular complexity index is 1170. The number of hydrogen-bond acceptors (Lipinski definition) is 6. The number of thiazole rings is 1. The normalized spacial score (nSPS) is 12.9. The Kier molecular flexibility index (Phi) is 5.40. The van der Waals surface area contributed by atoms with Gasteiger partial charge in [-0.3, -0.25) is 0 Å². The second-order valence-electron chi connectivity index (χ2n) is 7.00. The molecular formula is C21H18F3N5S. The first kappa shape index (κ1) is 20.2. The van der Waals surface area contributed by atoms with E-state index in [1.807, 2.05) is 24.3 Å². The molecule has 0 aliphatic carbocycles. The molecular weight excluding hydrogens is 411 g/mol. The summed E-state index contributed by atoms with van der Waals surface area (Å²) >= 11 is 1.38. The van der Waals surface area contributed by atoms with Gasteiger partial charge in [-0.25, -0.2) is 4.98 Å². The summed E-state index contributed by atoms with van der Waals surface area (Å²) in [6, 6.07) is 12.5. The van der Waals surface area contributed by atoms with Crippen LogP contribution in [0, 0.1) is 0 Å². The first-order valence-corrected chi connectivity index (χ1v) is 10.00. The Morgan fingerprint density at radius 3 is 2.50 bits per heavy atom. The predicted octanol–water partition coefficient (Wildman–Crippen LogP) is 4.47. The number of rotatable bonds is 5. The number of alkyl halides is 3. The van der Waals surface area contributed by atoms with Gasteiger partial charge in [0.1, 0.15) is 0 Å². The third-order valence-electron chi connectivity index (χ3n) is 4.72. The molecule has 4 aromatic rings. The molecule has 1 atom stereocenters. The molecule has 30 heavy (non-hydrogen) atoms. The van der Waals surface area contributed by atoms with Gasteiger partial charge < -0.3 is 11.5 Å². The van der Waals surface area contributed by atoms with Gasteiger partial charge in [-0.1, -0.05) is 29.5 Å². The van der Waals surface area contributed by atoms with Crippen molar-refractivity contribution in [2.75, 3.05) is 5.73 Å². The minimum atomic E-state index is -4.35. The van der Waals surface area contributed by atoms with Crippen molar-refractivity contribution in [1.29, 1.82) is 0 Å². The maximum absolute atomic E-state index is 12.7. The summed E-state index contributed by atoms with van der Waals surface area (Å²) in [4.78, 5) is 5.36. The van der Waals surface area contributed by atoms with Gasteiger partial charge in [-0.2, -0.15) is 23.4 Å². The summed E-state index contributed by atoms with van der Waals surface area (Å²) in [5.74, 6) is 0. The van der Waals surface area contributed by atoms with E-state index in [1.54, 1.807) is 6.20 Å². The van der Waals surface area contributed by atoms with Gasteiger partial charge in [0.05, 0.1) is 27.8 Å². The average molecular weight is 429 g/mol. The summed E-state index contributed by atoms with van der Waals surface area (Å²) in [6.45, 7) is 0. The number of benzene rings is 2. The van der Waals surface area contributed by atoms with Crippen LogP contribution in [0.15, 0.2) is 54.7 Å². The van der Waals surface area contributed by atoms with Crippen LogP contribution in [0.2, 0.25) is 0 Å². The van der Waals surface area contributed by atoms with Gasteiger partial charge in [0.25, 0.3) is 0 Å². The molecule has 154 valence electrons. The highest BCUT2D eigenvalue weighted by molar-refractivity contribution is 7.18. The van der Waals surface area contributed by atoms with E-state index in [0.29, 0.717) is 18.0 Å². The summed E-state index contributed by atoms with van der Waals surface area (Å²) in [7, 11) is 0. The number of aromatic nitrogens is 3. The highest BCUT2D eigenvalue weighted by Crippen LogP contribution is 2.34. The molecule has 4 N–H and O–H groups in total. The van der Waals surface area contributed by atoms with Crippen LogP contribution in [-0.4, -0.2) is 21.2 Å². The zero-order valence-corrected chi connectivity index (χ0v) is 16.5. The lowest BCUT2D eigenvalue weighted by atomic mass is 9.99. The Morgan fingerprint density at radius 2 is 1.77 bits per heavy atom. The number of nitrogens with two attached hydrogens (primary N) is 2. The number of anilines is 1. The first-order chi connectivity index (χ1) is 14.3. The third kappa shape index (κ3) is 4.42. The van der Waals surface area contributed by atoms with E-state index in [4.69, 9.17) is 11.5 Å². The van der Waals surface area contributed by atoms with E-state index < -0.39 is 11.7 Å². The Hall–Kier alpha value is -3.04. The van der Waals surface area contributed by atoms with Crippen LogP contribution < -0.4 is 11.5 Å². The molecule has 2 heterocycles. The van der Waals surface area contributed by atoms with E-state index in [2.05, 4.69) is 15.2 Å². The Labute approximate surface area is 174 Å². The van der Waals surface area contributed by atoms with Crippen molar-refractivity contribution >= 4 is 27.4 Å². The number of hydrogen-bond donors (Lipinski definition) is 2. The maximum Gasteiger partial charge on any atom is 0.416 e. The summed E-state index contributed by atoms with van der Waals surface area (Å²) in [5, 5.41) is 9.35. The second kappa shape index (κ2) is 8.00. The van der Waals surface area contributed by atoms with Gasteiger partial charge in [0.2, 0.25) is 0 Å². The highest BCUT2D eigenvalue weighted by Gasteiger charge is 2.30. The van der Waals surface area contributed by atoms with Crippen molar-refractivity contribution in [3.63, 3.8) is 0 Å². The van der Waals surface area contributed by atoms with Crippen molar-refractivity contribution in [2.24, 2.45) is 5.73 Å². The third-order valence-corrected chi connectivity index (χ3v) is 5.70. The van der Waals surface area contributed by atoms with E-state index >= 15 is 0 Å². The minimum absolute atomic E-state index is 0.312. The van der Waals surface area contributed by atoms with Crippen molar-refractivity contribution in [1.82, 2.24) is 15.2 Å². The van der Waals surface area contributed by atoms with Gasteiger partial charge in [0, 0.05) is 17.8 Å². The number of nitrogen functional groups attached to an aromatic ring is 1. The quantitative estimate of drug-likeness (QED) is 0.489. The minimum Gasteiger partial charge on any atom is -0.375 e. The Morgan fingerprint density at radius 1 is 1.00 bits per heavy atom. The lowest BCUT2D eigenvalue weighted by Crippen LogP contribution is -2.26. The van der Waals surface area contributed by atoms with E-state index in [1.165, 1.54) is 23.5 Å². The fraction of sp³-hybridized carbons (Fsp3) is 0.190. The molecule has 0 aliphatic heterocycles. The molecule has 2 aromatic heterocycles. The lowest BCUT2D eigenvalue weighted by molar-refractivity contribution is -0.137. The summed E-state index contributed by atoms with van der Waals surface area (Å²) in [6.07, 6.45) is -1.83. The van der Waals surface area contributed by atoms with Crippen LogP contribution in [0.25, 0.3) is 21.3 Å². The maximum atomic E-state index is 12.7. The van der Waals surface area contributed by atoms with Crippen molar-refractivity contribution < 1.29 is 13.2 Å². The molecule has 2 aromatic carbocycles. The molecule has 4 rings (SSSR count). The molecule has 0 radical (unpaired) electrons. The smallest absolute Gasteiger partial charge is 0.375 e. The fourth-order valence-corrected chi connectivity index (χ4v) is 4.17. The molecule has 0 aliphatic rings. The van der Waals surface area contributed by atoms with Gasteiger partial charge in [-0.05, 0) is 47.9 Å². The van der Waals surface area contributed by atoms with Crippen molar-refractivity contribution in [2.45, 2.75) is 25.1 Å². The molecule has 0 fully saturated rings. The van der Waals surface area contributed by atoms with Crippen LogP contribution in [0.5, 0.6) is 0 Å². The monoisotopic (exact) mass is 429 g/mol. The molecule has 9 heteroatoms. The number of nitrogens with zero attached hydrogens (tertiary/aromatic N) is 3. The fourth-order valence-electron chi connectivity index (χ4n) is 3.32. The molecule has 0 saturated carbocycles. The van der Waals surface area contributed by atoms with E-state index in [9.17, 15) is 13.2 Å². The second-order valence-corrected chi connectivity index (χ2v) is 8.03. The van der Waals surface area contributed by atoms with Crippen molar-refractivity contribution in [3.8, 4) is 10.4 Å². The predicted molar refractivity (Wildman–Crippen MR) is 112 cm³/mol. The number of halogens is 3. The van der Waals surface area contributed by atoms with E-state index in [0.717, 1.165) is 44.7 Å². The largest absolute Gasteiger partial charge is 0.416 e. The average Bonchev–Trinajstić information content (AvgIpc) is 3.07. The van der Waals surface area contributed by atoms with Crippen LogP contribution >= 0.6 is 11.3 Å². The van der Waals surface area contributed by atoms with Gasteiger partial charge in [0.15, 0.2) is 5.13 Å². The van der Waals surface area contributed by atoms with Crippen LogP contribution in [0.1, 0.15) is 16.8 Å². The highest BCUT2D eigenvalue weighted by atomic mass is 32.1. The Balaban J connectivity index is 1.53. The number of fused-ring (bicyclic) bond motifs is 1. The molecule has 0 bridgehead atoms. The van der Waals surface area contributed by atoms with Crippen molar-refractivity contribution in [3.05, 3.63) is 71.5 Å². The molecule has 5 nitrogen and oxygen atoms in total. The summed E-state index contributed by atoms with van der Waals surface area (Å²) < 4.78 is 38.2. The van der Waals surface area contributed by atoms with E-state index in [-0.39, 0.29) is 6.04 Å². The zero-order valence-electron chi connectivity index (χ0n) is 15.7. The first-order valence-electron chi connectivity index (χ1n) is 9.18. The standard InChI is InChI=1S/C21H18F3N5S/c22-21(23,24)15-4-1-12(2-5-15)9-16(25)11-18-19(30-20(26)28-18)14-3-6-17-13(10-14)7-8-27-29-17/h1-8,10,16H,9,11,25H2,(H2,26,28)/t16-/m0/s1. The molecule has 0 saturated heterocycles. The molecule has 0 unspecified atom stereocenters.